The number of ketones is 1. The van der Waals surface area contributed by atoms with Crippen molar-refractivity contribution in [2.75, 3.05) is 39.5 Å². The number of imidazole rings is 1. The number of benzene rings is 1. The van der Waals surface area contributed by atoms with E-state index in [0.717, 1.165) is 65.0 Å². The van der Waals surface area contributed by atoms with Gasteiger partial charge in [-0.05, 0) is 29.7 Å². The van der Waals surface area contributed by atoms with Crippen molar-refractivity contribution in [3.8, 4) is 17.7 Å². The minimum absolute atomic E-state index is 0.0917. The van der Waals surface area contributed by atoms with Crippen molar-refractivity contribution in [2.24, 2.45) is 0 Å². The lowest BCUT2D eigenvalue weighted by Crippen LogP contribution is -2.38. The summed E-state index contributed by atoms with van der Waals surface area (Å²) >= 11 is 1.51. The molecule has 0 radical (unpaired) electrons. The summed E-state index contributed by atoms with van der Waals surface area (Å²) < 4.78 is 18.7. The fourth-order valence-corrected chi connectivity index (χ4v) is 5.67. The Morgan fingerprint density at radius 1 is 1.05 bits per heavy atom. The number of hydrogen-bond acceptors (Lipinski definition) is 9. The predicted molar refractivity (Wildman–Crippen MR) is 161 cm³/mol. The second kappa shape index (κ2) is 12.1. The van der Waals surface area contributed by atoms with Gasteiger partial charge in [-0.15, -0.1) is 0 Å². The van der Waals surface area contributed by atoms with Gasteiger partial charge < -0.3 is 14.0 Å². The molecule has 0 amide bonds. The maximum absolute atomic E-state index is 12.6. The van der Waals surface area contributed by atoms with Crippen LogP contribution in [0.5, 0.6) is 5.88 Å². The van der Waals surface area contributed by atoms with Gasteiger partial charge in [0.05, 0.1) is 30.8 Å². The molecule has 1 saturated heterocycles. The standard InChI is InChI=1S/C32H33N5O4S/c1-32(2,3)28-20-25(35-41-28)19-26(38)18-23-6-4-22(5-7-23)8-9-24-21-37-27-10-11-29(34-30(27)42-31(37)33-24)40-17-14-36-12-15-39-16-13-36/h4-7,10-11,20-21H,12-19H2,1-3H3. The molecule has 9 nitrogen and oxygen atoms in total. The summed E-state index contributed by atoms with van der Waals surface area (Å²) in [7, 11) is 0. The highest BCUT2D eigenvalue weighted by Gasteiger charge is 2.20. The van der Waals surface area contributed by atoms with Crippen LogP contribution in [0.25, 0.3) is 15.3 Å². The Morgan fingerprint density at radius 2 is 1.86 bits per heavy atom. The topological polar surface area (TPSA) is 95.0 Å². The summed E-state index contributed by atoms with van der Waals surface area (Å²) in [5.74, 6) is 7.84. The van der Waals surface area contributed by atoms with Gasteiger partial charge in [0.2, 0.25) is 5.88 Å². The number of pyridine rings is 1. The summed E-state index contributed by atoms with van der Waals surface area (Å²) in [6, 6.07) is 13.5. The number of rotatable bonds is 8. The fraction of sp³-hybridized carbons (Fsp3) is 0.375. The Hall–Kier alpha value is -4.04. The van der Waals surface area contributed by atoms with Crippen LogP contribution >= 0.6 is 11.3 Å². The molecule has 0 bridgehead atoms. The molecule has 0 atom stereocenters. The Balaban J connectivity index is 1.05. The first kappa shape index (κ1) is 28.1. The summed E-state index contributed by atoms with van der Waals surface area (Å²) in [6.45, 7) is 11.1. The van der Waals surface area contributed by atoms with Crippen LogP contribution in [0.4, 0.5) is 0 Å². The van der Waals surface area contributed by atoms with Crippen molar-refractivity contribution in [2.45, 2.75) is 39.0 Å². The molecule has 5 heterocycles. The molecule has 6 rings (SSSR count). The molecule has 216 valence electrons. The number of carbonyl (C=O) groups excluding carboxylic acids is 1. The van der Waals surface area contributed by atoms with Gasteiger partial charge in [-0.1, -0.05) is 55.3 Å². The van der Waals surface area contributed by atoms with E-state index in [0.29, 0.717) is 30.3 Å². The van der Waals surface area contributed by atoms with E-state index >= 15 is 0 Å². The minimum atomic E-state index is -0.134. The fourth-order valence-electron chi connectivity index (χ4n) is 4.70. The minimum Gasteiger partial charge on any atom is -0.476 e. The normalized spacial score (nSPS) is 14.3. The maximum atomic E-state index is 12.6. The molecular weight excluding hydrogens is 550 g/mol. The lowest BCUT2D eigenvalue weighted by atomic mass is 9.93. The van der Waals surface area contributed by atoms with E-state index in [1.807, 2.05) is 53.1 Å². The van der Waals surface area contributed by atoms with Crippen LogP contribution in [0, 0.1) is 11.8 Å². The summed E-state index contributed by atoms with van der Waals surface area (Å²) in [4.78, 5) is 26.0. The van der Waals surface area contributed by atoms with Crippen LogP contribution in [0.1, 0.15) is 49.0 Å². The van der Waals surface area contributed by atoms with Crippen molar-refractivity contribution in [3.63, 3.8) is 0 Å². The Bertz CT molecular complexity index is 1760. The van der Waals surface area contributed by atoms with E-state index in [2.05, 4.69) is 52.6 Å². The van der Waals surface area contributed by atoms with E-state index in [1.165, 1.54) is 11.3 Å². The van der Waals surface area contributed by atoms with Crippen LogP contribution < -0.4 is 4.74 Å². The molecular formula is C32H33N5O4S. The summed E-state index contributed by atoms with van der Waals surface area (Å²) in [5, 5.41) is 4.05. The number of thiazole rings is 1. The number of carbonyl (C=O) groups is 1. The Morgan fingerprint density at radius 3 is 2.62 bits per heavy atom. The molecule has 0 spiro atoms. The summed E-state index contributed by atoms with van der Waals surface area (Å²) in [5.41, 5.74) is 4.01. The number of Topliss-reactive ketones (excluding diaryl/α,β-unsaturated/α-hetero) is 1. The highest BCUT2D eigenvalue weighted by atomic mass is 32.1. The largest absolute Gasteiger partial charge is 0.476 e. The molecule has 0 unspecified atom stereocenters. The quantitative estimate of drug-likeness (QED) is 0.243. The Labute approximate surface area is 248 Å². The van der Waals surface area contributed by atoms with Crippen LogP contribution in [0.3, 0.4) is 0 Å². The lowest BCUT2D eigenvalue weighted by Gasteiger charge is -2.26. The zero-order valence-electron chi connectivity index (χ0n) is 24.1. The first-order valence-electron chi connectivity index (χ1n) is 14.1. The number of ether oxygens (including phenoxy) is 2. The van der Waals surface area contributed by atoms with Gasteiger partial charge >= 0.3 is 0 Å². The molecule has 1 aliphatic rings. The molecule has 0 saturated carbocycles. The zero-order valence-corrected chi connectivity index (χ0v) is 24.9. The predicted octanol–water partition coefficient (Wildman–Crippen LogP) is 4.69. The number of aromatic nitrogens is 4. The second-order valence-corrected chi connectivity index (χ2v) is 12.4. The van der Waals surface area contributed by atoms with Crippen LogP contribution in [0.2, 0.25) is 0 Å². The molecule has 10 heteroatoms. The molecule has 0 N–H and O–H groups in total. The first-order chi connectivity index (χ1) is 20.3. The number of morpholine rings is 1. The van der Waals surface area contributed by atoms with Gasteiger partial charge in [-0.3, -0.25) is 14.1 Å². The highest BCUT2D eigenvalue weighted by molar-refractivity contribution is 7.23. The molecule has 42 heavy (non-hydrogen) atoms. The molecule has 0 aliphatic carbocycles. The third-order valence-corrected chi connectivity index (χ3v) is 8.03. The monoisotopic (exact) mass is 583 g/mol. The van der Waals surface area contributed by atoms with E-state index in [9.17, 15) is 4.79 Å². The van der Waals surface area contributed by atoms with Crippen molar-refractivity contribution in [3.05, 3.63) is 76.9 Å². The van der Waals surface area contributed by atoms with E-state index in [1.54, 1.807) is 0 Å². The van der Waals surface area contributed by atoms with Crippen LogP contribution in [0.15, 0.2) is 53.2 Å². The van der Waals surface area contributed by atoms with Crippen LogP contribution in [-0.4, -0.2) is 69.7 Å². The molecule has 4 aromatic heterocycles. The third-order valence-electron chi connectivity index (χ3n) is 7.06. The third kappa shape index (κ3) is 6.71. The van der Waals surface area contributed by atoms with Gasteiger partial charge in [0.15, 0.2) is 4.96 Å². The number of hydrogen-bond donors (Lipinski definition) is 0. The smallest absolute Gasteiger partial charge is 0.214 e. The molecule has 5 aromatic rings. The van der Waals surface area contributed by atoms with Gasteiger partial charge in [0, 0.05) is 55.4 Å². The Kier molecular flexibility index (Phi) is 8.07. The number of fused-ring (bicyclic) bond motifs is 3. The lowest BCUT2D eigenvalue weighted by molar-refractivity contribution is -0.117. The summed E-state index contributed by atoms with van der Waals surface area (Å²) in [6.07, 6.45) is 2.53. The molecule has 1 fully saturated rings. The SMILES string of the molecule is CC(C)(C)c1cc(CC(=O)Cc2ccc(C#Cc3cn4c(n3)sc3nc(OCCN5CCOCC5)ccc34)cc2)no1. The first-order valence-corrected chi connectivity index (χ1v) is 14.9. The van der Waals surface area contributed by atoms with E-state index in [-0.39, 0.29) is 17.6 Å². The number of nitrogens with zero attached hydrogens (tertiary/aromatic N) is 5. The maximum Gasteiger partial charge on any atom is 0.214 e. The average molecular weight is 584 g/mol. The van der Waals surface area contributed by atoms with E-state index in [4.69, 9.17) is 14.0 Å². The van der Waals surface area contributed by atoms with Crippen molar-refractivity contribution in [1.29, 1.82) is 0 Å². The van der Waals surface area contributed by atoms with Gasteiger partial charge in [0.25, 0.3) is 0 Å². The van der Waals surface area contributed by atoms with Gasteiger partial charge in [0.1, 0.15) is 28.7 Å². The van der Waals surface area contributed by atoms with Crippen molar-refractivity contribution < 1.29 is 18.8 Å². The zero-order chi connectivity index (χ0) is 29.1. The van der Waals surface area contributed by atoms with Gasteiger partial charge in [-0.25, -0.2) is 9.97 Å². The second-order valence-electron chi connectivity index (χ2n) is 11.4. The average Bonchev–Trinajstić information content (AvgIpc) is 3.68. The van der Waals surface area contributed by atoms with Crippen molar-refractivity contribution >= 4 is 32.4 Å². The van der Waals surface area contributed by atoms with Gasteiger partial charge in [-0.2, -0.15) is 0 Å². The van der Waals surface area contributed by atoms with Crippen molar-refractivity contribution in [1.82, 2.24) is 24.4 Å². The molecule has 1 aliphatic heterocycles. The van der Waals surface area contributed by atoms with Crippen LogP contribution in [-0.2, 0) is 27.8 Å². The molecule has 1 aromatic carbocycles. The van der Waals surface area contributed by atoms with E-state index < -0.39 is 0 Å². The highest BCUT2D eigenvalue weighted by Crippen LogP contribution is 2.27.